The molecular weight excluding hydrogens is 250 g/mol. The predicted molar refractivity (Wildman–Crippen MR) is 80.2 cm³/mol. The van der Waals surface area contributed by atoms with Gasteiger partial charge in [-0.1, -0.05) is 0 Å². The van der Waals surface area contributed by atoms with Crippen LogP contribution in [0.25, 0.3) is 0 Å². The quantitative estimate of drug-likeness (QED) is 0.873. The Balaban J connectivity index is 2.06. The average Bonchev–Trinajstić information content (AvgIpc) is 2.47. The number of nitrogens with one attached hydrogen (secondary N) is 1. The van der Waals surface area contributed by atoms with E-state index >= 15 is 0 Å². The first-order chi connectivity index (χ1) is 9.72. The van der Waals surface area contributed by atoms with Gasteiger partial charge in [-0.05, 0) is 55.0 Å². The van der Waals surface area contributed by atoms with Gasteiger partial charge in [0, 0.05) is 17.9 Å². The zero-order chi connectivity index (χ0) is 14.4. The van der Waals surface area contributed by atoms with Gasteiger partial charge in [0.1, 0.15) is 12.4 Å². The standard InChI is InChI=1S/C16H17N3O/c1-12-10-15(3-2-13(12)11-18)19-14-4-6-16(7-5-14)20-9-8-17/h2-7,10,19H,8-9,17H2,1H3. The molecular formula is C16H17N3O. The second-order valence-corrected chi connectivity index (χ2v) is 4.43. The van der Waals surface area contributed by atoms with E-state index in [1.165, 1.54) is 0 Å². The van der Waals surface area contributed by atoms with Crippen molar-refractivity contribution in [2.24, 2.45) is 5.73 Å². The molecule has 0 aromatic heterocycles. The van der Waals surface area contributed by atoms with E-state index in [4.69, 9.17) is 15.7 Å². The molecule has 3 N–H and O–H groups in total. The van der Waals surface area contributed by atoms with Gasteiger partial charge in [0.25, 0.3) is 0 Å². The number of hydrogen-bond acceptors (Lipinski definition) is 4. The number of nitriles is 1. The smallest absolute Gasteiger partial charge is 0.119 e. The number of hydrogen-bond donors (Lipinski definition) is 2. The topological polar surface area (TPSA) is 71.1 Å². The van der Waals surface area contributed by atoms with Crippen LogP contribution in [0.5, 0.6) is 5.75 Å². The predicted octanol–water partition coefficient (Wildman–Crippen LogP) is 2.95. The van der Waals surface area contributed by atoms with Gasteiger partial charge in [-0.25, -0.2) is 0 Å². The second kappa shape index (κ2) is 6.60. The lowest BCUT2D eigenvalue weighted by atomic mass is 10.1. The van der Waals surface area contributed by atoms with Crippen molar-refractivity contribution in [3.63, 3.8) is 0 Å². The minimum absolute atomic E-state index is 0.504. The van der Waals surface area contributed by atoms with Crippen LogP contribution < -0.4 is 15.8 Å². The molecule has 2 aromatic carbocycles. The molecule has 4 heteroatoms. The molecule has 0 amide bonds. The van der Waals surface area contributed by atoms with Crippen LogP contribution >= 0.6 is 0 Å². The molecule has 0 radical (unpaired) electrons. The summed E-state index contributed by atoms with van der Waals surface area (Å²) in [5.41, 5.74) is 8.96. The Morgan fingerprint density at radius 2 is 1.85 bits per heavy atom. The van der Waals surface area contributed by atoms with Crippen LogP contribution in [0, 0.1) is 18.3 Å². The highest BCUT2D eigenvalue weighted by molar-refractivity contribution is 5.62. The lowest BCUT2D eigenvalue weighted by molar-refractivity contribution is 0.328. The number of nitrogens with zero attached hydrogens (tertiary/aromatic N) is 1. The van der Waals surface area contributed by atoms with E-state index in [1.54, 1.807) is 0 Å². The Morgan fingerprint density at radius 3 is 2.45 bits per heavy atom. The molecule has 0 aliphatic carbocycles. The Labute approximate surface area is 118 Å². The summed E-state index contributed by atoms with van der Waals surface area (Å²) < 4.78 is 5.42. The van der Waals surface area contributed by atoms with Crippen LogP contribution in [-0.2, 0) is 0 Å². The van der Waals surface area contributed by atoms with Crippen molar-refractivity contribution < 1.29 is 4.74 Å². The summed E-state index contributed by atoms with van der Waals surface area (Å²) in [6.07, 6.45) is 0. The highest BCUT2D eigenvalue weighted by Crippen LogP contribution is 2.21. The van der Waals surface area contributed by atoms with Crippen LogP contribution in [0.4, 0.5) is 11.4 Å². The average molecular weight is 267 g/mol. The summed E-state index contributed by atoms with van der Waals surface area (Å²) in [4.78, 5) is 0. The molecule has 2 aromatic rings. The summed E-state index contributed by atoms with van der Waals surface area (Å²) >= 11 is 0. The molecule has 0 aliphatic heterocycles. The van der Waals surface area contributed by atoms with E-state index in [2.05, 4.69) is 11.4 Å². The molecule has 0 unspecified atom stereocenters. The van der Waals surface area contributed by atoms with Gasteiger partial charge in [0.05, 0.1) is 11.6 Å². The van der Waals surface area contributed by atoms with Gasteiger partial charge in [-0.3, -0.25) is 0 Å². The molecule has 4 nitrogen and oxygen atoms in total. The maximum absolute atomic E-state index is 8.91. The lowest BCUT2D eigenvalue weighted by Gasteiger charge is -2.09. The number of aryl methyl sites for hydroxylation is 1. The molecule has 0 saturated heterocycles. The molecule has 0 fully saturated rings. The maximum atomic E-state index is 8.91. The van der Waals surface area contributed by atoms with Crippen molar-refractivity contribution in [1.82, 2.24) is 0 Å². The maximum Gasteiger partial charge on any atom is 0.119 e. The molecule has 0 aliphatic rings. The van der Waals surface area contributed by atoms with E-state index in [-0.39, 0.29) is 0 Å². The van der Waals surface area contributed by atoms with E-state index in [0.29, 0.717) is 18.7 Å². The van der Waals surface area contributed by atoms with Crippen molar-refractivity contribution in [3.05, 3.63) is 53.6 Å². The number of benzene rings is 2. The lowest BCUT2D eigenvalue weighted by Crippen LogP contribution is -2.10. The first-order valence-corrected chi connectivity index (χ1v) is 6.43. The van der Waals surface area contributed by atoms with Crippen LogP contribution in [0.1, 0.15) is 11.1 Å². The summed E-state index contributed by atoms with van der Waals surface area (Å²) in [7, 11) is 0. The highest BCUT2D eigenvalue weighted by Gasteiger charge is 2.00. The van der Waals surface area contributed by atoms with Crippen molar-refractivity contribution in [1.29, 1.82) is 5.26 Å². The number of nitrogens with two attached hydrogens (primary N) is 1. The van der Waals surface area contributed by atoms with Gasteiger partial charge >= 0.3 is 0 Å². The normalized spacial score (nSPS) is 9.85. The van der Waals surface area contributed by atoms with Gasteiger partial charge in [0.15, 0.2) is 0 Å². The molecule has 102 valence electrons. The van der Waals surface area contributed by atoms with Crippen LogP contribution in [0.2, 0.25) is 0 Å². The SMILES string of the molecule is Cc1cc(Nc2ccc(OCCN)cc2)ccc1C#N. The fourth-order valence-electron chi connectivity index (χ4n) is 1.84. The van der Waals surface area contributed by atoms with E-state index in [1.807, 2.05) is 49.4 Å². The van der Waals surface area contributed by atoms with Crippen LogP contribution in [-0.4, -0.2) is 13.2 Å². The Kier molecular flexibility index (Phi) is 4.59. The number of anilines is 2. The molecule has 0 spiro atoms. The highest BCUT2D eigenvalue weighted by atomic mass is 16.5. The van der Waals surface area contributed by atoms with Crippen LogP contribution in [0.3, 0.4) is 0 Å². The third-order valence-corrected chi connectivity index (χ3v) is 2.88. The first-order valence-electron chi connectivity index (χ1n) is 6.43. The fraction of sp³-hybridized carbons (Fsp3) is 0.188. The summed E-state index contributed by atoms with van der Waals surface area (Å²) in [6.45, 7) is 2.94. The zero-order valence-corrected chi connectivity index (χ0v) is 11.4. The van der Waals surface area contributed by atoms with Gasteiger partial charge in [-0.15, -0.1) is 0 Å². The van der Waals surface area contributed by atoms with Gasteiger partial charge in [-0.2, -0.15) is 5.26 Å². The first kappa shape index (κ1) is 13.9. The summed E-state index contributed by atoms with van der Waals surface area (Å²) in [5, 5.41) is 12.2. The second-order valence-electron chi connectivity index (χ2n) is 4.43. The van der Waals surface area contributed by atoms with Gasteiger partial charge in [0.2, 0.25) is 0 Å². The molecule has 0 atom stereocenters. The van der Waals surface area contributed by atoms with E-state index < -0.39 is 0 Å². The van der Waals surface area contributed by atoms with Crippen molar-refractivity contribution in [2.75, 3.05) is 18.5 Å². The Bertz CT molecular complexity index is 615. The minimum Gasteiger partial charge on any atom is -0.492 e. The monoisotopic (exact) mass is 267 g/mol. The van der Waals surface area contributed by atoms with Crippen LogP contribution in [0.15, 0.2) is 42.5 Å². The van der Waals surface area contributed by atoms with Crippen molar-refractivity contribution in [2.45, 2.75) is 6.92 Å². The van der Waals surface area contributed by atoms with Crippen molar-refractivity contribution in [3.8, 4) is 11.8 Å². The summed E-state index contributed by atoms with van der Waals surface area (Å²) in [5.74, 6) is 0.803. The minimum atomic E-state index is 0.504. The molecule has 2 rings (SSSR count). The van der Waals surface area contributed by atoms with Crippen molar-refractivity contribution >= 4 is 11.4 Å². The molecule has 0 heterocycles. The number of rotatable bonds is 5. The molecule has 20 heavy (non-hydrogen) atoms. The Hall–Kier alpha value is -2.51. The number of ether oxygens (including phenoxy) is 1. The van der Waals surface area contributed by atoms with Gasteiger partial charge < -0.3 is 15.8 Å². The molecule has 0 bridgehead atoms. The Morgan fingerprint density at radius 1 is 1.15 bits per heavy atom. The summed E-state index contributed by atoms with van der Waals surface area (Å²) in [6, 6.07) is 15.5. The third-order valence-electron chi connectivity index (χ3n) is 2.88. The fourth-order valence-corrected chi connectivity index (χ4v) is 1.84. The van der Waals surface area contributed by atoms with E-state index in [0.717, 1.165) is 22.7 Å². The van der Waals surface area contributed by atoms with E-state index in [9.17, 15) is 0 Å². The third kappa shape index (κ3) is 3.50. The molecule has 0 saturated carbocycles. The zero-order valence-electron chi connectivity index (χ0n) is 11.4. The largest absolute Gasteiger partial charge is 0.492 e.